The number of nitrogens with one attached hydrogen (secondary N) is 1. The first kappa shape index (κ1) is 21.1. The number of aromatic nitrogens is 2. The number of carbonyl (C=O) groups is 2. The van der Waals surface area contributed by atoms with Gasteiger partial charge >= 0.3 is 0 Å². The molecule has 3 rings (SSSR count). The Morgan fingerprint density at radius 1 is 0.900 bits per heavy atom. The maximum absolute atomic E-state index is 12.5. The molecule has 2 aromatic carbocycles. The van der Waals surface area contributed by atoms with Gasteiger partial charge in [0, 0.05) is 37.0 Å². The average molecular weight is 403 g/mol. The number of benzene rings is 2. The number of carbonyl (C=O) groups excluding carboxylic acids is 2. The molecular weight excluding hydrogens is 378 g/mol. The lowest BCUT2D eigenvalue weighted by molar-refractivity contribution is 0.0786. The van der Waals surface area contributed by atoms with Gasteiger partial charge in [-0.3, -0.25) is 14.6 Å². The van der Waals surface area contributed by atoms with Crippen molar-refractivity contribution in [3.05, 3.63) is 78.2 Å². The van der Waals surface area contributed by atoms with Crippen LogP contribution >= 0.6 is 0 Å². The van der Waals surface area contributed by atoms with Crippen molar-refractivity contribution >= 4 is 17.5 Å². The lowest BCUT2D eigenvalue weighted by atomic mass is 10.1. The second-order valence-corrected chi connectivity index (χ2v) is 7.22. The molecule has 0 unspecified atom stereocenters. The minimum atomic E-state index is -0.329. The Labute approximate surface area is 176 Å². The van der Waals surface area contributed by atoms with Crippen molar-refractivity contribution in [1.29, 1.82) is 0 Å². The SMILES string of the molecule is CN(C)CCN(C)C(=O)c1ccc(-c2cncc(C(=O)Nc3ccccc3)n2)cc1. The Kier molecular flexibility index (Phi) is 6.87. The Hall–Kier alpha value is -3.58. The van der Waals surface area contributed by atoms with E-state index in [-0.39, 0.29) is 17.5 Å². The van der Waals surface area contributed by atoms with Gasteiger partial charge < -0.3 is 15.1 Å². The monoisotopic (exact) mass is 403 g/mol. The highest BCUT2D eigenvalue weighted by Gasteiger charge is 2.13. The summed E-state index contributed by atoms with van der Waals surface area (Å²) in [5.41, 5.74) is 2.86. The second kappa shape index (κ2) is 9.76. The summed E-state index contributed by atoms with van der Waals surface area (Å²) < 4.78 is 0. The molecular formula is C23H25N5O2. The summed E-state index contributed by atoms with van der Waals surface area (Å²) in [5.74, 6) is -0.365. The number of hydrogen-bond acceptors (Lipinski definition) is 5. The molecule has 0 saturated carbocycles. The van der Waals surface area contributed by atoms with Gasteiger partial charge in [-0.1, -0.05) is 30.3 Å². The van der Waals surface area contributed by atoms with Gasteiger partial charge in [0.25, 0.3) is 11.8 Å². The molecule has 1 aromatic heterocycles. The van der Waals surface area contributed by atoms with Crippen LogP contribution in [-0.2, 0) is 0 Å². The van der Waals surface area contributed by atoms with Crippen LogP contribution in [0.2, 0.25) is 0 Å². The summed E-state index contributed by atoms with van der Waals surface area (Å²) in [4.78, 5) is 37.3. The van der Waals surface area contributed by atoms with E-state index >= 15 is 0 Å². The van der Waals surface area contributed by atoms with Crippen LogP contribution in [0.15, 0.2) is 67.0 Å². The van der Waals surface area contributed by atoms with E-state index < -0.39 is 0 Å². The summed E-state index contributed by atoms with van der Waals surface area (Å²) in [6.07, 6.45) is 3.03. The molecule has 0 spiro atoms. The average Bonchev–Trinajstić information content (AvgIpc) is 2.77. The van der Waals surface area contributed by atoms with Crippen LogP contribution in [0.4, 0.5) is 5.69 Å². The van der Waals surface area contributed by atoms with Crippen molar-refractivity contribution in [1.82, 2.24) is 19.8 Å². The fourth-order valence-corrected chi connectivity index (χ4v) is 2.79. The predicted octanol–water partition coefficient (Wildman–Crippen LogP) is 3.03. The van der Waals surface area contributed by atoms with E-state index in [1.165, 1.54) is 6.20 Å². The van der Waals surface area contributed by atoms with Gasteiger partial charge in [-0.05, 0) is 38.4 Å². The van der Waals surface area contributed by atoms with Gasteiger partial charge in [0.05, 0.1) is 18.1 Å². The van der Waals surface area contributed by atoms with Crippen molar-refractivity contribution in [3.63, 3.8) is 0 Å². The quantitative estimate of drug-likeness (QED) is 0.656. The van der Waals surface area contributed by atoms with Crippen LogP contribution in [-0.4, -0.2) is 65.8 Å². The highest BCUT2D eigenvalue weighted by atomic mass is 16.2. The molecule has 0 bridgehead atoms. The lowest BCUT2D eigenvalue weighted by Crippen LogP contribution is -2.33. The zero-order chi connectivity index (χ0) is 21.5. The van der Waals surface area contributed by atoms with Gasteiger partial charge in [-0.25, -0.2) is 4.98 Å². The zero-order valence-corrected chi connectivity index (χ0v) is 17.4. The molecule has 7 nitrogen and oxygen atoms in total. The second-order valence-electron chi connectivity index (χ2n) is 7.22. The van der Waals surface area contributed by atoms with Gasteiger partial charge in [0.1, 0.15) is 5.69 Å². The van der Waals surface area contributed by atoms with Crippen LogP contribution in [0.5, 0.6) is 0 Å². The largest absolute Gasteiger partial charge is 0.340 e. The molecule has 0 aliphatic carbocycles. The van der Waals surface area contributed by atoms with Crippen molar-refractivity contribution < 1.29 is 9.59 Å². The van der Waals surface area contributed by atoms with Crippen LogP contribution in [0.3, 0.4) is 0 Å². The Bertz CT molecular complexity index is 1000. The summed E-state index contributed by atoms with van der Waals surface area (Å²) in [6, 6.07) is 16.3. The predicted molar refractivity (Wildman–Crippen MR) is 117 cm³/mol. The van der Waals surface area contributed by atoms with Crippen molar-refractivity contribution in [2.75, 3.05) is 39.5 Å². The third-order valence-corrected chi connectivity index (χ3v) is 4.56. The van der Waals surface area contributed by atoms with E-state index in [0.29, 0.717) is 23.5 Å². The number of nitrogens with zero attached hydrogens (tertiary/aromatic N) is 4. The Balaban J connectivity index is 1.71. The standard InChI is InChI=1S/C23H25N5O2/c1-27(2)13-14-28(3)23(30)18-11-9-17(10-12-18)20-15-24-16-21(26-20)22(29)25-19-7-5-4-6-8-19/h4-12,15-16H,13-14H2,1-3H3,(H,25,29). The fraction of sp³-hybridized carbons (Fsp3) is 0.217. The highest BCUT2D eigenvalue weighted by molar-refractivity contribution is 6.03. The molecule has 0 aliphatic heterocycles. The van der Waals surface area contributed by atoms with E-state index in [2.05, 4.69) is 15.3 Å². The number of hydrogen-bond donors (Lipinski definition) is 1. The van der Waals surface area contributed by atoms with Gasteiger partial charge in [0.2, 0.25) is 0 Å². The molecule has 0 atom stereocenters. The Morgan fingerprint density at radius 2 is 1.60 bits per heavy atom. The van der Waals surface area contributed by atoms with Crippen LogP contribution in [0.25, 0.3) is 11.3 Å². The summed E-state index contributed by atoms with van der Waals surface area (Å²) in [7, 11) is 5.74. The van der Waals surface area contributed by atoms with E-state index in [9.17, 15) is 9.59 Å². The molecule has 0 aliphatic rings. The maximum Gasteiger partial charge on any atom is 0.275 e. The normalized spacial score (nSPS) is 10.7. The molecule has 30 heavy (non-hydrogen) atoms. The number of para-hydroxylation sites is 1. The molecule has 1 N–H and O–H groups in total. The van der Waals surface area contributed by atoms with Crippen LogP contribution < -0.4 is 5.32 Å². The summed E-state index contributed by atoms with van der Waals surface area (Å²) >= 11 is 0. The number of rotatable bonds is 7. The minimum Gasteiger partial charge on any atom is -0.340 e. The molecule has 0 radical (unpaired) electrons. The first-order valence-corrected chi connectivity index (χ1v) is 9.63. The topological polar surface area (TPSA) is 78.4 Å². The first-order valence-electron chi connectivity index (χ1n) is 9.63. The number of anilines is 1. The Morgan fingerprint density at radius 3 is 2.27 bits per heavy atom. The molecule has 0 saturated heterocycles. The zero-order valence-electron chi connectivity index (χ0n) is 17.4. The molecule has 3 aromatic rings. The van der Waals surface area contributed by atoms with Crippen LogP contribution in [0, 0.1) is 0 Å². The number of likely N-dealkylation sites (N-methyl/N-ethyl adjacent to an activating group) is 2. The van der Waals surface area contributed by atoms with Crippen LogP contribution in [0.1, 0.15) is 20.8 Å². The molecule has 0 fully saturated rings. The van der Waals surface area contributed by atoms with Crippen molar-refractivity contribution in [2.24, 2.45) is 0 Å². The smallest absolute Gasteiger partial charge is 0.275 e. The van der Waals surface area contributed by atoms with E-state index in [1.807, 2.05) is 49.3 Å². The summed E-state index contributed by atoms with van der Waals surface area (Å²) in [5, 5.41) is 2.80. The third kappa shape index (κ3) is 5.48. The molecule has 2 amide bonds. The molecule has 7 heteroatoms. The molecule has 1 heterocycles. The highest BCUT2D eigenvalue weighted by Crippen LogP contribution is 2.18. The fourth-order valence-electron chi connectivity index (χ4n) is 2.79. The van der Waals surface area contributed by atoms with Crippen molar-refractivity contribution in [3.8, 4) is 11.3 Å². The third-order valence-electron chi connectivity index (χ3n) is 4.56. The van der Waals surface area contributed by atoms with Gasteiger partial charge in [-0.2, -0.15) is 0 Å². The first-order chi connectivity index (χ1) is 14.4. The summed E-state index contributed by atoms with van der Waals surface area (Å²) in [6.45, 7) is 1.45. The van der Waals surface area contributed by atoms with Crippen molar-refractivity contribution in [2.45, 2.75) is 0 Å². The molecule has 154 valence electrons. The van der Waals surface area contributed by atoms with E-state index in [4.69, 9.17) is 0 Å². The maximum atomic E-state index is 12.5. The van der Waals surface area contributed by atoms with E-state index in [0.717, 1.165) is 12.1 Å². The van der Waals surface area contributed by atoms with Gasteiger partial charge in [0.15, 0.2) is 0 Å². The lowest BCUT2D eigenvalue weighted by Gasteiger charge is -2.19. The van der Waals surface area contributed by atoms with E-state index in [1.54, 1.807) is 42.4 Å². The number of amides is 2. The minimum absolute atomic E-state index is 0.0366. The van der Waals surface area contributed by atoms with Gasteiger partial charge in [-0.15, -0.1) is 0 Å².